The lowest BCUT2D eigenvalue weighted by atomic mass is 9.49. The van der Waals surface area contributed by atoms with E-state index < -0.39 is 4.92 Å². The molecule has 1 aromatic rings. The summed E-state index contributed by atoms with van der Waals surface area (Å²) in [7, 11) is 0. The second kappa shape index (κ2) is 7.95. The van der Waals surface area contributed by atoms with Crippen molar-refractivity contribution in [3.05, 3.63) is 22.5 Å². The third kappa shape index (κ3) is 3.19. The molecule has 6 nitrogen and oxygen atoms in total. The molecule has 32 heavy (non-hydrogen) atoms. The lowest BCUT2D eigenvalue weighted by molar-refractivity contribution is -0.385. The van der Waals surface area contributed by atoms with E-state index >= 15 is 0 Å². The van der Waals surface area contributed by atoms with Crippen LogP contribution in [0.2, 0.25) is 0 Å². The summed E-state index contributed by atoms with van der Waals surface area (Å²) in [6, 6.07) is 0. The number of carbonyl (C=O) groups is 1. The van der Waals surface area contributed by atoms with Gasteiger partial charge in [-0.25, -0.2) is 0 Å². The van der Waals surface area contributed by atoms with Crippen molar-refractivity contribution in [1.82, 2.24) is 9.78 Å². The van der Waals surface area contributed by atoms with Gasteiger partial charge in [0.1, 0.15) is 18.9 Å². The van der Waals surface area contributed by atoms with Crippen molar-refractivity contribution < 1.29 is 9.72 Å². The summed E-state index contributed by atoms with van der Waals surface area (Å²) in [5, 5.41) is 15.1. The van der Waals surface area contributed by atoms with Crippen molar-refractivity contribution in [1.29, 1.82) is 0 Å². The van der Waals surface area contributed by atoms with Crippen molar-refractivity contribution >= 4 is 11.5 Å². The molecule has 5 rings (SSSR count). The van der Waals surface area contributed by atoms with Gasteiger partial charge in [0.15, 0.2) is 5.78 Å². The summed E-state index contributed by atoms with van der Waals surface area (Å²) in [6.45, 7) is 9.66. The molecule has 4 fully saturated rings. The van der Waals surface area contributed by atoms with Gasteiger partial charge in [-0.1, -0.05) is 47.0 Å². The predicted molar refractivity (Wildman–Crippen MR) is 123 cm³/mol. The second-order valence-corrected chi connectivity index (χ2v) is 11.7. The Kier molecular flexibility index (Phi) is 5.49. The third-order valence-electron chi connectivity index (χ3n) is 10.5. The molecule has 1 heterocycles. The highest BCUT2D eigenvalue weighted by Crippen LogP contribution is 2.76. The van der Waals surface area contributed by atoms with Crippen LogP contribution in [0.25, 0.3) is 0 Å². The Hall–Kier alpha value is -1.72. The number of nitrogens with zero attached hydrogens (tertiary/aromatic N) is 3. The number of nitro groups is 1. The van der Waals surface area contributed by atoms with E-state index in [-0.39, 0.29) is 29.3 Å². The van der Waals surface area contributed by atoms with Crippen LogP contribution in [0.5, 0.6) is 0 Å². The molecule has 0 bridgehead atoms. The Balaban J connectivity index is 1.39. The minimum atomic E-state index is -0.444. The largest absolute Gasteiger partial charge is 0.307 e. The zero-order chi connectivity index (χ0) is 22.8. The monoisotopic (exact) mass is 441 g/mol. The van der Waals surface area contributed by atoms with E-state index in [4.69, 9.17) is 0 Å². The number of carbonyl (C=O) groups excluding carboxylic acids is 1. The summed E-state index contributed by atoms with van der Waals surface area (Å²) in [6.07, 6.45) is 11.8. The topological polar surface area (TPSA) is 78.0 Å². The van der Waals surface area contributed by atoms with Crippen LogP contribution in [0, 0.1) is 68.8 Å². The second-order valence-electron chi connectivity index (χ2n) is 11.7. The summed E-state index contributed by atoms with van der Waals surface area (Å²) in [5.41, 5.74) is 0.0516. The SMILES string of the molecule is CCCC1C(CC)CCC2C1CCC1(C)C(C(=O)Cn3cc([N+](=O)[O-])cn3)C3C(C)C3C21. The van der Waals surface area contributed by atoms with E-state index in [0.29, 0.717) is 23.7 Å². The molecule has 0 amide bonds. The van der Waals surface area contributed by atoms with Gasteiger partial charge in [0.2, 0.25) is 0 Å². The molecule has 6 heteroatoms. The highest BCUT2D eigenvalue weighted by atomic mass is 16.6. The van der Waals surface area contributed by atoms with Gasteiger partial charge >= 0.3 is 5.69 Å². The molecule has 0 aromatic carbocycles. The van der Waals surface area contributed by atoms with Crippen LogP contribution in [0.15, 0.2) is 12.4 Å². The lowest BCUT2D eigenvalue weighted by Crippen LogP contribution is -2.50. The van der Waals surface area contributed by atoms with E-state index in [1.807, 2.05) is 0 Å². The number of rotatable bonds is 7. The van der Waals surface area contributed by atoms with Gasteiger partial charge in [0.05, 0.1) is 4.92 Å². The first kappa shape index (κ1) is 22.1. The summed E-state index contributed by atoms with van der Waals surface area (Å²) < 4.78 is 1.48. The van der Waals surface area contributed by atoms with Crippen molar-refractivity contribution in [2.45, 2.75) is 79.2 Å². The molecule has 10 atom stereocenters. The normalized spacial score (nSPS) is 44.4. The molecule has 176 valence electrons. The molecule has 0 radical (unpaired) electrons. The highest BCUT2D eigenvalue weighted by molar-refractivity contribution is 5.83. The third-order valence-corrected chi connectivity index (χ3v) is 10.5. The number of Topliss-reactive ketones (excluding diaryl/α,β-unsaturated/α-hetero) is 1. The van der Waals surface area contributed by atoms with E-state index in [9.17, 15) is 14.9 Å². The molecule has 0 saturated heterocycles. The minimum absolute atomic E-state index is 0.0406. The van der Waals surface area contributed by atoms with Crippen molar-refractivity contribution in [2.24, 2.45) is 58.7 Å². The molecule has 4 saturated carbocycles. The van der Waals surface area contributed by atoms with Gasteiger partial charge in [-0.2, -0.15) is 5.10 Å². The first-order valence-electron chi connectivity index (χ1n) is 13.0. The molecule has 4 aliphatic rings. The van der Waals surface area contributed by atoms with Gasteiger partial charge in [-0.05, 0) is 78.4 Å². The smallest absolute Gasteiger partial charge is 0.297 e. The van der Waals surface area contributed by atoms with Crippen molar-refractivity contribution in [3.8, 4) is 0 Å². The summed E-state index contributed by atoms with van der Waals surface area (Å²) in [4.78, 5) is 24.2. The molecular formula is C26H39N3O3. The minimum Gasteiger partial charge on any atom is -0.297 e. The van der Waals surface area contributed by atoms with Crippen LogP contribution in [0.3, 0.4) is 0 Å². The average Bonchev–Trinajstić information content (AvgIpc) is 3.10. The Morgan fingerprint density at radius 3 is 2.69 bits per heavy atom. The van der Waals surface area contributed by atoms with Crippen LogP contribution < -0.4 is 0 Å². The van der Waals surface area contributed by atoms with Crippen molar-refractivity contribution in [2.75, 3.05) is 0 Å². The highest BCUT2D eigenvalue weighted by Gasteiger charge is 2.73. The quantitative estimate of drug-likeness (QED) is 0.398. The summed E-state index contributed by atoms with van der Waals surface area (Å²) in [5.74, 6) is 6.27. The maximum absolute atomic E-state index is 13.6. The Labute approximate surface area is 191 Å². The first-order chi connectivity index (χ1) is 15.3. The lowest BCUT2D eigenvalue weighted by Gasteiger charge is -2.56. The first-order valence-corrected chi connectivity index (χ1v) is 13.0. The van der Waals surface area contributed by atoms with Gasteiger partial charge in [-0.15, -0.1) is 0 Å². The van der Waals surface area contributed by atoms with Crippen LogP contribution >= 0.6 is 0 Å². The van der Waals surface area contributed by atoms with E-state index in [0.717, 1.165) is 23.7 Å². The fourth-order valence-electron chi connectivity index (χ4n) is 9.32. The Morgan fingerprint density at radius 2 is 2.03 bits per heavy atom. The maximum atomic E-state index is 13.6. The number of hydrogen-bond donors (Lipinski definition) is 0. The Bertz CT molecular complexity index is 897. The van der Waals surface area contributed by atoms with E-state index in [1.165, 1.54) is 62.0 Å². The fourth-order valence-corrected chi connectivity index (χ4v) is 9.32. The molecule has 0 spiro atoms. The van der Waals surface area contributed by atoms with Crippen LogP contribution in [-0.2, 0) is 11.3 Å². The van der Waals surface area contributed by atoms with Gasteiger partial charge < -0.3 is 0 Å². The van der Waals surface area contributed by atoms with Gasteiger partial charge in [0, 0.05) is 5.92 Å². The molecule has 10 unspecified atom stereocenters. The van der Waals surface area contributed by atoms with E-state index in [2.05, 4.69) is 32.8 Å². The average molecular weight is 442 g/mol. The number of ketones is 1. The predicted octanol–water partition coefficient (Wildman–Crippen LogP) is 5.76. The van der Waals surface area contributed by atoms with Gasteiger partial charge in [-0.3, -0.25) is 19.6 Å². The maximum Gasteiger partial charge on any atom is 0.307 e. The molecule has 0 N–H and O–H groups in total. The molecule has 0 aliphatic heterocycles. The van der Waals surface area contributed by atoms with Gasteiger partial charge in [0.25, 0.3) is 0 Å². The zero-order valence-corrected chi connectivity index (χ0v) is 20.1. The standard InChI is InChI=1S/C26H39N3O3/c1-5-7-18-16(6-2)8-9-20-19(18)10-11-26(4)24(20)22-15(3)23(22)25(26)21(30)14-28-13-17(12-27-28)29(31)32/h12-13,15-16,18-20,22-25H,5-11,14H2,1-4H3. The fraction of sp³-hybridized carbons (Fsp3) is 0.846. The molecular weight excluding hydrogens is 402 g/mol. The van der Waals surface area contributed by atoms with Crippen LogP contribution in [0.1, 0.15) is 72.6 Å². The van der Waals surface area contributed by atoms with Crippen LogP contribution in [0.4, 0.5) is 5.69 Å². The number of hydrogen-bond acceptors (Lipinski definition) is 4. The van der Waals surface area contributed by atoms with E-state index in [1.54, 1.807) is 0 Å². The van der Waals surface area contributed by atoms with Crippen LogP contribution in [-0.4, -0.2) is 20.5 Å². The number of fused-ring (bicyclic) bond motifs is 5. The number of aromatic nitrogens is 2. The zero-order valence-electron chi connectivity index (χ0n) is 20.1. The molecule has 1 aromatic heterocycles. The summed E-state index contributed by atoms with van der Waals surface area (Å²) >= 11 is 0. The Morgan fingerprint density at radius 1 is 1.25 bits per heavy atom. The van der Waals surface area contributed by atoms with Crippen molar-refractivity contribution in [3.63, 3.8) is 0 Å². The molecule has 4 aliphatic carbocycles.